The Kier molecular flexibility index (Phi) is 4.39. The summed E-state index contributed by atoms with van der Waals surface area (Å²) < 4.78 is 30.2. The molecule has 8 heteroatoms. The predicted octanol–water partition coefficient (Wildman–Crippen LogP) is 3.75. The first-order valence-electron chi connectivity index (χ1n) is 9.40. The van der Waals surface area contributed by atoms with Crippen LogP contribution < -0.4 is 10.4 Å². The van der Waals surface area contributed by atoms with Crippen molar-refractivity contribution in [2.45, 2.75) is 23.1 Å². The monoisotopic (exact) mass is 426 g/mol. The fourth-order valence-electron chi connectivity index (χ4n) is 4.17. The van der Waals surface area contributed by atoms with Crippen LogP contribution in [0.15, 0.2) is 58.4 Å². The van der Waals surface area contributed by atoms with Gasteiger partial charge in [-0.2, -0.15) is 0 Å². The van der Waals surface area contributed by atoms with Gasteiger partial charge in [0.25, 0.3) is 0 Å². The summed E-state index contributed by atoms with van der Waals surface area (Å²) in [4.78, 5) is 25.3. The largest absolute Gasteiger partial charge is 0.503 e. The highest BCUT2D eigenvalue weighted by Gasteiger charge is 2.36. The number of hydrogen-bond acceptors (Lipinski definition) is 5. The standard InChI is InChI=1S/C22H16F2N2O3S/c23-15-6-5-12-14(19(15)24)11-30-18-4-2-1-3-13(18)20(12)25-9-7-16(27)21-22(29)17(28)8-10-26(21)25/h1-6,8,10,20,29H,7,9,11H2. The van der Waals surface area contributed by atoms with Gasteiger partial charge in [-0.3, -0.25) is 14.3 Å². The van der Waals surface area contributed by atoms with Crippen LogP contribution in [0.4, 0.5) is 8.78 Å². The summed E-state index contributed by atoms with van der Waals surface area (Å²) in [6.07, 6.45) is 1.52. The molecule has 5 nitrogen and oxygen atoms in total. The van der Waals surface area contributed by atoms with E-state index in [1.807, 2.05) is 29.3 Å². The van der Waals surface area contributed by atoms with E-state index in [4.69, 9.17) is 0 Å². The molecule has 0 spiro atoms. The Morgan fingerprint density at radius 1 is 1.03 bits per heavy atom. The molecule has 3 aromatic rings. The highest BCUT2D eigenvalue weighted by atomic mass is 32.2. The molecule has 2 aliphatic rings. The second-order valence-electron chi connectivity index (χ2n) is 7.22. The van der Waals surface area contributed by atoms with Crippen molar-refractivity contribution >= 4 is 17.5 Å². The van der Waals surface area contributed by atoms with Crippen LogP contribution in [0.2, 0.25) is 0 Å². The van der Waals surface area contributed by atoms with Crippen molar-refractivity contribution in [3.8, 4) is 5.75 Å². The molecule has 0 radical (unpaired) electrons. The number of fused-ring (bicyclic) bond motifs is 3. The molecule has 1 N–H and O–H groups in total. The van der Waals surface area contributed by atoms with Gasteiger partial charge in [0.2, 0.25) is 5.43 Å². The molecule has 3 heterocycles. The molecule has 1 aromatic heterocycles. The lowest BCUT2D eigenvalue weighted by atomic mass is 9.93. The summed E-state index contributed by atoms with van der Waals surface area (Å²) in [5.74, 6) is -2.47. The third kappa shape index (κ3) is 2.74. The maximum atomic E-state index is 14.8. The molecule has 1 atom stereocenters. The van der Waals surface area contributed by atoms with Crippen LogP contribution in [0.1, 0.15) is 39.6 Å². The van der Waals surface area contributed by atoms with Crippen molar-refractivity contribution in [3.05, 3.63) is 92.9 Å². The van der Waals surface area contributed by atoms with Crippen LogP contribution in [0.3, 0.4) is 0 Å². The van der Waals surface area contributed by atoms with Crippen LogP contribution >= 0.6 is 11.8 Å². The number of rotatable bonds is 1. The number of nitrogens with zero attached hydrogens (tertiary/aromatic N) is 2. The van der Waals surface area contributed by atoms with Crippen molar-refractivity contribution in [1.29, 1.82) is 0 Å². The van der Waals surface area contributed by atoms with Crippen molar-refractivity contribution in [2.24, 2.45) is 0 Å². The quantitative estimate of drug-likeness (QED) is 0.642. The zero-order valence-corrected chi connectivity index (χ0v) is 16.5. The zero-order chi connectivity index (χ0) is 21.0. The predicted molar refractivity (Wildman–Crippen MR) is 109 cm³/mol. The van der Waals surface area contributed by atoms with Gasteiger partial charge in [0.15, 0.2) is 28.9 Å². The molecule has 0 saturated carbocycles. The van der Waals surface area contributed by atoms with Crippen LogP contribution in [-0.4, -0.2) is 22.1 Å². The number of carbonyl (C=O) groups excluding carboxylic acids is 1. The lowest BCUT2D eigenvalue weighted by molar-refractivity contribution is 0.0952. The first kappa shape index (κ1) is 18.9. The number of Topliss-reactive ketones (excluding diaryl/α,β-unsaturated/α-hetero) is 1. The molecule has 30 heavy (non-hydrogen) atoms. The highest BCUT2D eigenvalue weighted by Crippen LogP contribution is 2.43. The Morgan fingerprint density at radius 3 is 2.67 bits per heavy atom. The summed E-state index contributed by atoms with van der Waals surface area (Å²) >= 11 is 1.42. The molecule has 1 unspecified atom stereocenters. The van der Waals surface area contributed by atoms with E-state index in [9.17, 15) is 23.5 Å². The summed E-state index contributed by atoms with van der Waals surface area (Å²) in [6, 6.07) is 10.9. The van der Waals surface area contributed by atoms with E-state index in [0.717, 1.165) is 16.5 Å². The number of thioether (sulfide) groups is 1. The molecule has 0 fully saturated rings. The Morgan fingerprint density at radius 2 is 1.83 bits per heavy atom. The molecule has 0 bridgehead atoms. The van der Waals surface area contributed by atoms with Crippen LogP contribution in [0.5, 0.6) is 5.75 Å². The number of aromatic nitrogens is 1. The van der Waals surface area contributed by atoms with E-state index in [2.05, 4.69) is 0 Å². The smallest absolute Gasteiger partial charge is 0.224 e. The molecule has 0 aliphatic carbocycles. The minimum absolute atomic E-state index is 0.0852. The fourth-order valence-corrected chi connectivity index (χ4v) is 5.29. The third-order valence-electron chi connectivity index (χ3n) is 5.57. The zero-order valence-electron chi connectivity index (χ0n) is 15.6. The summed E-state index contributed by atoms with van der Waals surface area (Å²) in [5.41, 5.74) is 1.01. The number of benzene rings is 2. The van der Waals surface area contributed by atoms with Crippen molar-refractivity contribution < 1.29 is 18.7 Å². The van der Waals surface area contributed by atoms with Crippen molar-refractivity contribution in [1.82, 2.24) is 4.68 Å². The highest BCUT2D eigenvalue weighted by molar-refractivity contribution is 7.98. The topological polar surface area (TPSA) is 62.5 Å². The van der Waals surface area contributed by atoms with Gasteiger partial charge < -0.3 is 10.1 Å². The van der Waals surface area contributed by atoms with Gasteiger partial charge >= 0.3 is 0 Å². The fraction of sp³-hybridized carbons (Fsp3) is 0.182. The summed E-state index contributed by atoms with van der Waals surface area (Å²) in [5, 5.41) is 12.1. The SMILES string of the molecule is O=C1CCN(C2c3ccccc3SCc3c2ccc(F)c3F)n2ccc(=O)c(O)c21. The van der Waals surface area contributed by atoms with Gasteiger partial charge in [0, 0.05) is 41.4 Å². The average Bonchev–Trinajstić information content (AvgIpc) is 2.91. The second kappa shape index (κ2) is 6.98. The molecule has 152 valence electrons. The van der Waals surface area contributed by atoms with Gasteiger partial charge in [-0.05, 0) is 23.3 Å². The number of aromatic hydroxyl groups is 1. The minimum atomic E-state index is -0.908. The average molecular weight is 426 g/mol. The van der Waals surface area contributed by atoms with E-state index in [-0.39, 0.29) is 35.8 Å². The Bertz CT molecular complexity index is 1260. The van der Waals surface area contributed by atoms with Gasteiger partial charge in [-0.15, -0.1) is 11.8 Å². The van der Waals surface area contributed by atoms with E-state index in [1.54, 1.807) is 6.07 Å². The molecule has 0 amide bonds. The Labute approximate surface area is 174 Å². The summed E-state index contributed by atoms with van der Waals surface area (Å²) in [7, 11) is 0. The van der Waals surface area contributed by atoms with E-state index >= 15 is 0 Å². The van der Waals surface area contributed by atoms with Crippen LogP contribution in [-0.2, 0) is 5.75 Å². The lowest BCUT2D eigenvalue weighted by Crippen LogP contribution is -2.46. The molecular formula is C22H16F2N2O3S. The van der Waals surface area contributed by atoms with Crippen LogP contribution in [0.25, 0.3) is 0 Å². The number of hydrogen-bond donors (Lipinski definition) is 1. The van der Waals surface area contributed by atoms with Gasteiger partial charge in [-0.25, -0.2) is 8.78 Å². The molecular weight excluding hydrogens is 410 g/mol. The number of ketones is 1. The lowest BCUT2D eigenvalue weighted by Gasteiger charge is -2.40. The van der Waals surface area contributed by atoms with E-state index in [1.165, 1.54) is 28.7 Å². The normalized spacial score (nSPS) is 17.7. The van der Waals surface area contributed by atoms with Gasteiger partial charge in [-0.1, -0.05) is 24.3 Å². The van der Waals surface area contributed by atoms with E-state index < -0.39 is 28.9 Å². The molecule has 2 aromatic carbocycles. The number of halogens is 2. The summed E-state index contributed by atoms with van der Waals surface area (Å²) in [6.45, 7) is 0.288. The molecule has 0 saturated heterocycles. The Hall–Kier alpha value is -3.13. The third-order valence-corrected chi connectivity index (χ3v) is 6.69. The minimum Gasteiger partial charge on any atom is -0.503 e. The molecule has 5 rings (SSSR count). The van der Waals surface area contributed by atoms with E-state index in [0.29, 0.717) is 5.56 Å². The maximum Gasteiger partial charge on any atom is 0.224 e. The van der Waals surface area contributed by atoms with Gasteiger partial charge in [0.05, 0.1) is 6.04 Å². The Balaban J connectivity index is 1.79. The first-order valence-corrected chi connectivity index (χ1v) is 10.4. The number of pyridine rings is 1. The number of carbonyl (C=O) groups is 1. The first-order chi connectivity index (χ1) is 14.5. The maximum absolute atomic E-state index is 14.8. The molecule has 2 aliphatic heterocycles. The van der Waals surface area contributed by atoms with Crippen LogP contribution in [0, 0.1) is 11.6 Å². The van der Waals surface area contributed by atoms with Crippen molar-refractivity contribution in [3.63, 3.8) is 0 Å². The second-order valence-corrected chi connectivity index (χ2v) is 8.23. The van der Waals surface area contributed by atoms with Crippen molar-refractivity contribution in [2.75, 3.05) is 11.6 Å². The van der Waals surface area contributed by atoms with Gasteiger partial charge in [0.1, 0.15) is 0 Å².